The molecule has 0 aliphatic heterocycles. The number of hydrogen-bond donors (Lipinski definition) is 2. The van der Waals surface area contributed by atoms with E-state index in [0.717, 1.165) is 5.39 Å². The Morgan fingerprint density at radius 3 is 2.72 bits per heavy atom. The Kier molecular flexibility index (Phi) is 3.32. The molecule has 5 nitrogen and oxygen atoms in total. The van der Waals surface area contributed by atoms with Crippen LogP contribution in [-0.4, -0.2) is 17.0 Å². The first-order valence-electron chi connectivity index (χ1n) is 5.53. The van der Waals surface area contributed by atoms with E-state index in [1.165, 1.54) is 6.92 Å². The third-order valence-electron chi connectivity index (χ3n) is 2.54. The summed E-state index contributed by atoms with van der Waals surface area (Å²) in [7, 11) is 0. The molecule has 0 aliphatic carbocycles. The second-order valence-corrected chi connectivity index (χ2v) is 4.04. The predicted octanol–water partition coefficient (Wildman–Crippen LogP) is 2.08. The highest BCUT2D eigenvalue weighted by molar-refractivity contribution is 5.79. The van der Waals surface area contributed by atoms with Crippen LogP contribution in [0.4, 0.5) is 0 Å². The van der Waals surface area contributed by atoms with Crippen LogP contribution in [0.25, 0.3) is 11.0 Å². The molecule has 0 bridgehead atoms. The summed E-state index contributed by atoms with van der Waals surface area (Å²) in [5, 5.41) is 12.3. The Morgan fingerprint density at radius 1 is 1.39 bits per heavy atom. The van der Waals surface area contributed by atoms with E-state index >= 15 is 0 Å². The number of carboxylic acid groups (broad SMARTS) is 1. The quantitative estimate of drug-likeness (QED) is 0.866. The van der Waals surface area contributed by atoms with Gasteiger partial charge in [-0.3, -0.25) is 9.59 Å². The Morgan fingerprint density at radius 2 is 2.11 bits per heavy atom. The highest BCUT2D eigenvalue weighted by Gasteiger charge is 2.20. The van der Waals surface area contributed by atoms with Gasteiger partial charge in [0.1, 0.15) is 11.3 Å². The Bertz CT molecular complexity index is 538. The second-order valence-electron chi connectivity index (χ2n) is 4.04. The number of nitrogens with one attached hydrogen (secondary N) is 1. The van der Waals surface area contributed by atoms with Gasteiger partial charge in [-0.05, 0) is 12.1 Å². The van der Waals surface area contributed by atoms with Gasteiger partial charge in [0.15, 0.2) is 0 Å². The molecule has 0 saturated carbocycles. The Labute approximate surface area is 103 Å². The number of carbonyl (C=O) groups excluding carboxylic acids is 1. The van der Waals surface area contributed by atoms with E-state index in [2.05, 4.69) is 5.32 Å². The lowest BCUT2D eigenvalue weighted by atomic mass is 10.1. The maximum absolute atomic E-state index is 11.1. The van der Waals surface area contributed by atoms with Crippen LogP contribution < -0.4 is 5.32 Å². The van der Waals surface area contributed by atoms with Gasteiger partial charge in [0.05, 0.1) is 12.5 Å². The highest BCUT2D eigenvalue weighted by Crippen LogP contribution is 2.25. The third kappa shape index (κ3) is 2.68. The largest absolute Gasteiger partial charge is 0.481 e. The summed E-state index contributed by atoms with van der Waals surface area (Å²) in [4.78, 5) is 21.9. The van der Waals surface area contributed by atoms with E-state index < -0.39 is 12.0 Å². The van der Waals surface area contributed by atoms with E-state index in [1.54, 1.807) is 12.1 Å². The molecule has 0 saturated heterocycles. The van der Waals surface area contributed by atoms with Crippen LogP contribution in [0, 0.1) is 0 Å². The average Bonchev–Trinajstić information content (AvgIpc) is 2.70. The first-order chi connectivity index (χ1) is 8.56. The molecular formula is C13H13NO4. The third-order valence-corrected chi connectivity index (χ3v) is 2.54. The number of amides is 1. The van der Waals surface area contributed by atoms with Gasteiger partial charge in [-0.25, -0.2) is 0 Å². The van der Waals surface area contributed by atoms with Gasteiger partial charge in [-0.15, -0.1) is 0 Å². The molecule has 0 spiro atoms. The fraction of sp³-hybridized carbons (Fsp3) is 0.231. The van der Waals surface area contributed by atoms with Gasteiger partial charge in [-0.2, -0.15) is 0 Å². The summed E-state index contributed by atoms with van der Waals surface area (Å²) in [6, 6.07) is 8.47. The van der Waals surface area contributed by atoms with Crippen molar-refractivity contribution in [3.8, 4) is 0 Å². The average molecular weight is 247 g/mol. The van der Waals surface area contributed by atoms with E-state index in [0.29, 0.717) is 11.3 Å². The first kappa shape index (κ1) is 12.2. The number of para-hydroxylation sites is 1. The van der Waals surface area contributed by atoms with Crippen molar-refractivity contribution in [3.05, 3.63) is 36.1 Å². The van der Waals surface area contributed by atoms with Crippen LogP contribution in [0.1, 0.15) is 25.1 Å². The van der Waals surface area contributed by atoms with Crippen LogP contribution in [0.15, 0.2) is 34.7 Å². The second kappa shape index (κ2) is 4.91. The molecule has 1 aromatic heterocycles. The van der Waals surface area contributed by atoms with Crippen LogP contribution >= 0.6 is 0 Å². The molecule has 2 aromatic rings. The van der Waals surface area contributed by atoms with E-state index in [1.807, 2.05) is 18.2 Å². The lowest BCUT2D eigenvalue weighted by Crippen LogP contribution is -2.27. The minimum absolute atomic E-state index is 0.209. The van der Waals surface area contributed by atoms with Gasteiger partial charge >= 0.3 is 5.97 Å². The van der Waals surface area contributed by atoms with Crippen molar-refractivity contribution in [2.45, 2.75) is 19.4 Å². The van der Waals surface area contributed by atoms with Crippen molar-refractivity contribution < 1.29 is 19.1 Å². The van der Waals surface area contributed by atoms with Crippen molar-refractivity contribution in [1.29, 1.82) is 0 Å². The first-order valence-corrected chi connectivity index (χ1v) is 5.53. The number of fused-ring (bicyclic) bond motifs is 1. The number of hydrogen-bond acceptors (Lipinski definition) is 3. The zero-order chi connectivity index (χ0) is 13.1. The van der Waals surface area contributed by atoms with Crippen molar-refractivity contribution in [2.75, 3.05) is 0 Å². The van der Waals surface area contributed by atoms with Crippen LogP contribution in [-0.2, 0) is 9.59 Å². The predicted molar refractivity (Wildman–Crippen MR) is 65.0 cm³/mol. The van der Waals surface area contributed by atoms with E-state index in [-0.39, 0.29) is 12.3 Å². The van der Waals surface area contributed by atoms with Crippen molar-refractivity contribution in [3.63, 3.8) is 0 Å². The van der Waals surface area contributed by atoms with Gasteiger partial charge in [0, 0.05) is 12.3 Å². The number of carbonyl (C=O) groups is 2. The summed E-state index contributed by atoms with van der Waals surface area (Å²) >= 11 is 0. The molecule has 94 valence electrons. The Balaban J connectivity index is 2.33. The smallest absolute Gasteiger partial charge is 0.305 e. The minimum Gasteiger partial charge on any atom is -0.481 e. The minimum atomic E-state index is -0.991. The molecule has 1 atom stereocenters. The summed E-state index contributed by atoms with van der Waals surface area (Å²) in [6.07, 6.45) is -0.209. The lowest BCUT2D eigenvalue weighted by Gasteiger charge is -2.12. The Hall–Kier alpha value is -2.30. The standard InChI is InChI=1S/C13H13NO4/c1-8(15)14-10(7-13(16)17)12-6-9-4-2-3-5-11(9)18-12/h2-6,10H,7H2,1H3,(H,14,15)(H,16,17)/t10-/m0/s1. The van der Waals surface area contributed by atoms with Crippen molar-refractivity contribution in [2.24, 2.45) is 0 Å². The summed E-state index contributed by atoms with van der Waals surface area (Å²) in [5.41, 5.74) is 0.674. The molecule has 1 amide bonds. The number of furan rings is 1. The number of carboxylic acids is 1. The maximum Gasteiger partial charge on any atom is 0.305 e. The molecule has 2 N–H and O–H groups in total. The lowest BCUT2D eigenvalue weighted by molar-refractivity contribution is -0.137. The fourth-order valence-electron chi connectivity index (χ4n) is 1.82. The maximum atomic E-state index is 11.1. The molecule has 1 aromatic carbocycles. The van der Waals surface area contributed by atoms with Crippen molar-refractivity contribution in [1.82, 2.24) is 5.32 Å². The molecule has 2 rings (SSSR count). The molecule has 0 radical (unpaired) electrons. The number of aliphatic carboxylic acids is 1. The van der Waals surface area contributed by atoms with Crippen molar-refractivity contribution >= 4 is 22.8 Å². The van der Waals surface area contributed by atoms with Gasteiger partial charge in [-0.1, -0.05) is 18.2 Å². The van der Waals surface area contributed by atoms with Crippen LogP contribution in [0.5, 0.6) is 0 Å². The SMILES string of the molecule is CC(=O)N[C@@H](CC(=O)O)c1cc2ccccc2o1. The van der Waals surface area contributed by atoms with Crippen LogP contribution in [0.3, 0.4) is 0 Å². The van der Waals surface area contributed by atoms with Gasteiger partial charge < -0.3 is 14.8 Å². The summed E-state index contributed by atoms with van der Waals surface area (Å²) in [6.45, 7) is 1.34. The molecular weight excluding hydrogens is 234 g/mol. The zero-order valence-electron chi connectivity index (χ0n) is 9.84. The molecule has 0 aliphatic rings. The zero-order valence-corrected chi connectivity index (χ0v) is 9.84. The molecule has 1 heterocycles. The van der Waals surface area contributed by atoms with E-state index in [9.17, 15) is 9.59 Å². The van der Waals surface area contributed by atoms with E-state index in [4.69, 9.17) is 9.52 Å². The van der Waals surface area contributed by atoms with Crippen LogP contribution in [0.2, 0.25) is 0 Å². The highest BCUT2D eigenvalue weighted by atomic mass is 16.4. The summed E-state index contributed by atoms with van der Waals surface area (Å²) in [5.74, 6) is -0.829. The molecule has 5 heteroatoms. The van der Waals surface area contributed by atoms with Gasteiger partial charge in [0.25, 0.3) is 0 Å². The molecule has 18 heavy (non-hydrogen) atoms. The summed E-state index contributed by atoms with van der Waals surface area (Å²) < 4.78 is 5.55. The fourth-order valence-corrected chi connectivity index (χ4v) is 1.82. The number of benzene rings is 1. The number of rotatable bonds is 4. The monoisotopic (exact) mass is 247 g/mol. The normalized spacial score (nSPS) is 12.3. The topological polar surface area (TPSA) is 79.5 Å². The molecule has 0 unspecified atom stereocenters. The van der Waals surface area contributed by atoms with Gasteiger partial charge in [0.2, 0.25) is 5.91 Å². The molecule has 0 fully saturated rings.